The summed E-state index contributed by atoms with van der Waals surface area (Å²) in [6.45, 7) is 7.27. The minimum atomic E-state index is -0.0203. The molecule has 0 atom stereocenters. The Morgan fingerprint density at radius 2 is 2.13 bits per heavy atom. The molecule has 0 radical (unpaired) electrons. The van der Waals surface area contributed by atoms with Crippen LogP contribution in [0.4, 0.5) is 0 Å². The van der Waals surface area contributed by atoms with Gasteiger partial charge in [0.1, 0.15) is 5.75 Å². The molecule has 0 aliphatic carbocycles. The third kappa shape index (κ3) is 3.36. The fourth-order valence-corrected chi connectivity index (χ4v) is 2.44. The SMILES string of the molecule is Cc1ccccc1OCC(=O)N1CC(c2nc(C(C)C)no2)C1. The molecule has 1 amide bonds. The van der Waals surface area contributed by atoms with Gasteiger partial charge >= 0.3 is 0 Å². The third-order valence-electron chi connectivity index (χ3n) is 4.00. The lowest BCUT2D eigenvalue weighted by atomic mass is 10.00. The first-order valence-corrected chi connectivity index (χ1v) is 7.84. The number of amides is 1. The summed E-state index contributed by atoms with van der Waals surface area (Å²) in [6.07, 6.45) is 0. The molecule has 1 fully saturated rings. The largest absolute Gasteiger partial charge is 0.484 e. The molecule has 1 aliphatic rings. The van der Waals surface area contributed by atoms with E-state index in [2.05, 4.69) is 10.1 Å². The average molecular weight is 315 g/mol. The number of hydrogen-bond acceptors (Lipinski definition) is 5. The summed E-state index contributed by atoms with van der Waals surface area (Å²) < 4.78 is 10.9. The molecule has 6 heteroatoms. The maximum atomic E-state index is 12.1. The average Bonchev–Trinajstić information content (AvgIpc) is 2.94. The van der Waals surface area contributed by atoms with Crippen molar-refractivity contribution in [2.45, 2.75) is 32.6 Å². The second-order valence-corrected chi connectivity index (χ2v) is 6.20. The molecule has 1 aromatic carbocycles. The molecule has 0 saturated carbocycles. The van der Waals surface area contributed by atoms with Crippen molar-refractivity contribution in [2.24, 2.45) is 0 Å². The Kier molecular flexibility index (Phi) is 4.32. The minimum Gasteiger partial charge on any atom is -0.484 e. The van der Waals surface area contributed by atoms with Crippen LogP contribution in [-0.2, 0) is 4.79 Å². The normalized spacial score (nSPS) is 14.9. The highest BCUT2D eigenvalue weighted by molar-refractivity contribution is 5.78. The van der Waals surface area contributed by atoms with E-state index in [1.54, 1.807) is 4.90 Å². The number of hydrogen-bond donors (Lipinski definition) is 0. The zero-order chi connectivity index (χ0) is 16.4. The molecule has 1 aromatic heterocycles. The van der Waals surface area contributed by atoms with Gasteiger partial charge in [-0.15, -0.1) is 0 Å². The molecular formula is C17H21N3O3. The van der Waals surface area contributed by atoms with E-state index in [4.69, 9.17) is 9.26 Å². The van der Waals surface area contributed by atoms with Gasteiger partial charge in [0.05, 0.1) is 5.92 Å². The van der Waals surface area contributed by atoms with Gasteiger partial charge in [-0.05, 0) is 18.6 Å². The molecular weight excluding hydrogens is 294 g/mol. The van der Waals surface area contributed by atoms with E-state index in [1.807, 2.05) is 45.0 Å². The van der Waals surface area contributed by atoms with Crippen LogP contribution < -0.4 is 4.74 Å². The highest BCUT2D eigenvalue weighted by Gasteiger charge is 2.35. The molecule has 2 heterocycles. The van der Waals surface area contributed by atoms with Gasteiger partial charge in [-0.1, -0.05) is 37.2 Å². The number of ether oxygens (including phenoxy) is 1. The van der Waals surface area contributed by atoms with Crippen molar-refractivity contribution >= 4 is 5.91 Å². The van der Waals surface area contributed by atoms with Crippen molar-refractivity contribution in [1.82, 2.24) is 15.0 Å². The lowest BCUT2D eigenvalue weighted by Crippen LogP contribution is -2.50. The summed E-state index contributed by atoms with van der Waals surface area (Å²) in [6, 6.07) is 7.67. The van der Waals surface area contributed by atoms with Crippen molar-refractivity contribution in [1.29, 1.82) is 0 Å². The van der Waals surface area contributed by atoms with E-state index in [0.29, 0.717) is 24.8 Å². The zero-order valence-electron chi connectivity index (χ0n) is 13.7. The molecule has 1 saturated heterocycles. The van der Waals surface area contributed by atoms with Gasteiger partial charge in [0, 0.05) is 19.0 Å². The molecule has 0 N–H and O–H groups in total. The Balaban J connectivity index is 1.49. The summed E-state index contributed by atoms with van der Waals surface area (Å²) in [5.41, 5.74) is 1.02. The molecule has 0 unspecified atom stereocenters. The minimum absolute atomic E-state index is 0.0203. The summed E-state index contributed by atoms with van der Waals surface area (Å²) >= 11 is 0. The van der Waals surface area contributed by atoms with Gasteiger partial charge in [0.15, 0.2) is 12.4 Å². The van der Waals surface area contributed by atoms with E-state index < -0.39 is 0 Å². The topological polar surface area (TPSA) is 68.5 Å². The number of aryl methyl sites for hydroxylation is 1. The second-order valence-electron chi connectivity index (χ2n) is 6.20. The van der Waals surface area contributed by atoms with E-state index in [9.17, 15) is 4.79 Å². The monoisotopic (exact) mass is 315 g/mol. The van der Waals surface area contributed by atoms with E-state index >= 15 is 0 Å². The smallest absolute Gasteiger partial charge is 0.260 e. The van der Waals surface area contributed by atoms with Gasteiger partial charge < -0.3 is 14.2 Å². The lowest BCUT2D eigenvalue weighted by Gasteiger charge is -2.36. The molecule has 1 aliphatic heterocycles. The summed E-state index contributed by atoms with van der Waals surface area (Å²) in [4.78, 5) is 18.3. The van der Waals surface area contributed by atoms with Gasteiger partial charge in [0.25, 0.3) is 5.91 Å². The first kappa shape index (κ1) is 15.5. The highest BCUT2D eigenvalue weighted by atomic mass is 16.5. The van der Waals surface area contributed by atoms with Crippen molar-refractivity contribution in [3.05, 3.63) is 41.5 Å². The predicted octanol–water partition coefficient (Wildman–Crippen LogP) is 2.51. The van der Waals surface area contributed by atoms with Gasteiger partial charge in [-0.2, -0.15) is 4.98 Å². The van der Waals surface area contributed by atoms with Crippen LogP contribution in [-0.4, -0.2) is 40.6 Å². The van der Waals surface area contributed by atoms with Crippen molar-refractivity contribution in [3.63, 3.8) is 0 Å². The number of carbonyl (C=O) groups is 1. The van der Waals surface area contributed by atoms with E-state index in [-0.39, 0.29) is 24.3 Å². The quantitative estimate of drug-likeness (QED) is 0.848. The maximum Gasteiger partial charge on any atom is 0.260 e. The molecule has 3 rings (SSSR count). The van der Waals surface area contributed by atoms with Gasteiger partial charge in [-0.25, -0.2) is 0 Å². The molecule has 0 bridgehead atoms. The van der Waals surface area contributed by atoms with Crippen LogP contribution in [0.5, 0.6) is 5.75 Å². The fourth-order valence-electron chi connectivity index (χ4n) is 2.44. The van der Waals surface area contributed by atoms with Crippen LogP contribution in [0.3, 0.4) is 0 Å². The number of benzene rings is 1. The second kappa shape index (κ2) is 6.40. The fraction of sp³-hybridized carbons (Fsp3) is 0.471. The Hall–Kier alpha value is -2.37. The van der Waals surface area contributed by atoms with Crippen molar-refractivity contribution < 1.29 is 14.1 Å². The molecule has 0 spiro atoms. The number of aromatic nitrogens is 2. The predicted molar refractivity (Wildman–Crippen MR) is 84.4 cm³/mol. The lowest BCUT2D eigenvalue weighted by molar-refractivity contribution is -0.138. The summed E-state index contributed by atoms with van der Waals surface area (Å²) in [5, 5.41) is 3.96. The third-order valence-corrected chi connectivity index (χ3v) is 4.00. The van der Waals surface area contributed by atoms with Crippen molar-refractivity contribution in [3.8, 4) is 5.75 Å². The van der Waals surface area contributed by atoms with Crippen LogP contribution in [0, 0.1) is 6.92 Å². The van der Waals surface area contributed by atoms with Crippen molar-refractivity contribution in [2.75, 3.05) is 19.7 Å². The molecule has 2 aromatic rings. The van der Waals surface area contributed by atoms with Gasteiger partial charge in [-0.3, -0.25) is 4.79 Å². The Morgan fingerprint density at radius 3 is 2.78 bits per heavy atom. The molecule has 23 heavy (non-hydrogen) atoms. The van der Waals surface area contributed by atoms with Crippen LogP contribution in [0.1, 0.15) is 43.0 Å². The number of rotatable bonds is 5. The van der Waals surface area contributed by atoms with E-state index in [0.717, 1.165) is 11.3 Å². The standard InChI is InChI=1S/C17H21N3O3/c1-11(2)16-18-17(23-19-16)13-8-20(9-13)15(21)10-22-14-7-5-4-6-12(14)3/h4-7,11,13H,8-10H2,1-3H3. The maximum absolute atomic E-state index is 12.1. The van der Waals surface area contributed by atoms with Crippen LogP contribution >= 0.6 is 0 Å². The van der Waals surface area contributed by atoms with Crippen LogP contribution in [0.15, 0.2) is 28.8 Å². The highest BCUT2D eigenvalue weighted by Crippen LogP contribution is 2.27. The first-order chi connectivity index (χ1) is 11.0. The Morgan fingerprint density at radius 1 is 1.39 bits per heavy atom. The number of carbonyl (C=O) groups excluding carboxylic acids is 1. The first-order valence-electron chi connectivity index (χ1n) is 7.84. The number of nitrogens with zero attached hydrogens (tertiary/aromatic N) is 3. The number of para-hydroxylation sites is 1. The molecule has 122 valence electrons. The van der Waals surface area contributed by atoms with Crippen LogP contribution in [0.25, 0.3) is 0 Å². The Labute approximate surface area is 135 Å². The molecule has 6 nitrogen and oxygen atoms in total. The van der Waals surface area contributed by atoms with Gasteiger partial charge in [0.2, 0.25) is 5.89 Å². The summed E-state index contributed by atoms with van der Waals surface area (Å²) in [5.74, 6) is 2.44. The van der Waals surface area contributed by atoms with E-state index in [1.165, 1.54) is 0 Å². The number of likely N-dealkylation sites (tertiary alicyclic amines) is 1. The zero-order valence-corrected chi connectivity index (χ0v) is 13.7. The summed E-state index contributed by atoms with van der Waals surface area (Å²) in [7, 11) is 0. The Bertz CT molecular complexity index is 690. The van der Waals surface area contributed by atoms with Crippen LogP contribution in [0.2, 0.25) is 0 Å².